The molecule has 9 nitrogen and oxygen atoms in total. The minimum absolute atomic E-state index is 0.108. The molecule has 8 rings (SSSR count). The molecule has 2 aromatic carbocycles. The number of nitrogens with zero attached hydrogens (tertiary/aromatic N) is 1. The maximum absolute atomic E-state index is 12.7. The van der Waals surface area contributed by atoms with Crippen LogP contribution >= 0.6 is 0 Å². The Balaban J connectivity index is 1.48. The lowest BCUT2D eigenvalue weighted by molar-refractivity contribution is -0.922. The third-order valence-corrected chi connectivity index (χ3v) is 11.6. The van der Waals surface area contributed by atoms with Gasteiger partial charge in [0, 0.05) is 65.0 Å². The van der Waals surface area contributed by atoms with Crippen molar-refractivity contribution in [1.82, 2.24) is 0 Å². The van der Waals surface area contributed by atoms with Gasteiger partial charge in [-0.05, 0) is 73.9 Å². The summed E-state index contributed by atoms with van der Waals surface area (Å²) in [5.41, 5.74) is 8.13. The van der Waals surface area contributed by atoms with E-state index in [1.54, 1.807) is 0 Å². The second-order valence-corrected chi connectivity index (χ2v) is 15.0. The molecule has 11 heteroatoms. The fraction of sp³-hybridized carbons (Fsp3) is 0.419. The van der Waals surface area contributed by atoms with Crippen molar-refractivity contribution in [1.29, 1.82) is 0 Å². The monoisotopic (exact) mass is 607 g/mol. The zero-order valence-corrected chi connectivity index (χ0v) is 24.7. The highest BCUT2D eigenvalue weighted by molar-refractivity contribution is 7.86. The molecule has 0 radical (unpaired) electrons. The topological polar surface area (TPSA) is 131 Å². The highest BCUT2D eigenvalue weighted by atomic mass is 32.2. The summed E-state index contributed by atoms with van der Waals surface area (Å²) >= 11 is 0. The van der Waals surface area contributed by atoms with Gasteiger partial charge in [-0.15, -0.1) is 0 Å². The largest absolute Gasteiger partial charge is 0.744 e. The number of allylic oxidation sites excluding steroid dienone is 1. The van der Waals surface area contributed by atoms with Crippen molar-refractivity contribution in [3.63, 3.8) is 0 Å². The van der Waals surface area contributed by atoms with Gasteiger partial charge in [-0.2, -0.15) is 0 Å². The molecular weight excluding hydrogens is 576 g/mol. The lowest BCUT2D eigenvalue weighted by atomic mass is 9.75. The summed E-state index contributed by atoms with van der Waals surface area (Å²) < 4.78 is 80.7. The summed E-state index contributed by atoms with van der Waals surface area (Å²) in [6, 6.07) is 5.47. The number of ether oxygens (including phenoxy) is 1. The molecule has 5 aliphatic heterocycles. The molecule has 0 amide bonds. The Morgan fingerprint density at radius 2 is 1.62 bits per heavy atom. The van der Waals surface area contributed by atoms with E-state index >= 15 is 0 Å². The van der Waals surface area contributed by atoms with Crippen LogP contribution < -0.4 is 14.5 Å². The van der Waals surface area contributed by atoms with E-state index in [0.29, 0.717) is 11.3 Å². The molecule has 2 unspecified atom stereocenters. The van der Waals surface area contributed by atoms with E-state index < -0.39 is 30.0 Å². The lowest BCUT2D eigenvalue weighted by Gasteiger charge is -2.44. The Morgan fingerprint density at radius 1 is 0.857 bits per heavy atom. The Kier molecular flexibility index (Phi) is 5.88. The van der Waals surface area contributed by atoms with Crippen LogP contribution in [-0.2, 0) is 33.1 Å². The van der Waals surface area contributed by atoms with Crippen LogP contribution in [-0.4, -0.2) is 58.2 Å². The van der Waals surface area contributed by atoms with Gasteiger partial charge in [0.25, 0.3) is 0 Å². The molecule has 0 saturated carbocycles. The number of hydrogen-bond donors (Lipinski definition) is 1. The number of hydrogen-bond acceptors (Lipinski definition) is 8. The first-order chi connectivity index (χ1) is 20.1. The van der Waals surface area contributed by atoms with Gasteiger partial charge < -0.3 is 23.6 Å². The lowest BCUT2D eigenvalue weighted by Crippen LogP contribution is -3.18. The second kappa shape index (κ2) is 9.27. The average Bonchev–Trinajstić information content (AvgIpc) is 2.96. The smallest absolute Gasteiger partial charge is 0.140 e. The Bertz CT molecular complexity index is 1890. The van der Waals surface area contributed by atoms with Crippen molar-refractivity contribution in [2.45, 2.75) is 67.2 Å². The van der Waals surface area contributed by atoms with Crippen LogP contribution in [0.1, 0.15) is 60.8 Å². The molecule has 6 aliphatic rings. The molecule has 2 saturated heterocycles. The molecule has 0 aromatic heterocycles. The molecular formula is C31H31N2O7S2-. The van der Waals surface area contributed by atoms with Gasteiger partial charge >= 0.3 is 0 Å². The fourth-order valence-electron chi connectivity index (χ4n) is 8.33. The number of nitrogens with one attached hydrogen (secondary N) is 1. The Morgan fingerprint density at radius 3 is 2.38 bits per heavy atom. The minimum Gasteiger partial charge on any atom is -0.744 e. The van der Waals surface area contributed by atoms with Crippen LogP contribution in [0, 0.1) is 0 Å². The standard InChI is InChI=1S/C31H32N2O7S2/c34-41(35,36)20-9-10-21(26(17-20)42(37,38)39)27-24-15-18-5-1-11-32-13-3-7-22(28(18)32)30(24)40-31-23-8-4-14-33-12-2-6-19(29(23)33)16-25(27)31/h9-10,15-17,28H,1-8,11-14H2,(H,34,35,36)(H,37,38,39)/p-1. The molecule has 220 valence electrons. The van der Waals surface area contributed by atoms with E-state index in [1.807, 2.05) is 0 Å². The predicted molar refractivity (Wildman–Crippen MR) is 152 cm³/mol. The summed E-state index contributed by atoms with van der Waals surface area (Å²) in [6.07, 6.45) is 9.71. The van der Waals surface area contributed by atoms with Gasteiger partial charge in [0.15, 0.2) is 0 Å². The van der Waals surface area contributed by atoms with Crippen LogP contribution in [0.25, 0.3) is 5.57 Å². The van der Waals surface area contributed by atoms with E-state index in [-0.39, 0.29) is 11.6 Å². The number of fused-ring (bicyclic) bond motifs is 3. The molecule has 2 fully saturated rings. The highest BCUT2D eigenvalue weighted by Gasteiger charge is 2.44. The first kappa shape index (κ1) is 26.7. The number of aryl methyl sites for hydroxylation is 1. The van der Waals surface area contributed by atoms with Gasteiger partial charge in [0.05, 0.1) is 22.9 Å². The van der Waals surface area contributed by atoms with Crippen LogP contribution in [0.15, 0.2) is 62.6 Å². The van der Waals surface area contributed by atoms with Crippen molar-refractivity contribution in [2.24, 2.45) is 0 Å². The van der Waals surface area contributed by atoms with Crippen LogP contribution in [0.5, 0.6) is 5.75 Å². The SMILES string of the molecule is O=S(=O)([O-])c1ccc(C2=C3C=C4CCC[NH+]5CCCC(=C3Oc3c2cc2c6c3CCCN6CCC2)C45)c(S(=O)(=O)[O-])c1. The second-order valence-electron chi connectivity index (χ2n) is 12.3. The fourth-order valence-corrected chi connectivity index (χ4v) is 9.61. The predicted octanol–water partition coefficient (Wildman–Crippen LogP) is 2.42. The zero-order chi connectivity index (χ0) is 29.0. The summed E-state index contributed by atoms with van der Waals surface area (Å²) in [6.45, 7) is 4.16. The zero-order valence-electron chi connectivity index (χ0n) is 23.1. The molecule has 1 N–H and O–H groups in total. The number of piperidine rings is 2. The number of quaternary nitrogens is 1. The summed E-state index contributed by atoms with van der Waals surface area (Å²) in [5, 5.41) is 0. The van der Waals surface area contributed by atoms with Gasteiger partial charge in [-0.1, -0.05) is 6.07 Å². The molecule has 0 bridgehead atoms. The van der Waals surface area contributed by atoms with Crippen molar-refractivity contribution >= 4 is 31.5 Å². The van der Waals surface area contributed by atoms with Crippen molar-refractivity contribution in [3.05, 3.63) is 75.1 Å². The van der Waals surface area contributed by atoms with E-state index in [0.717, 1.165) is 112 Å². The molecule has 0 spiro atoms. The maximum atomic E-state index is 12.7. The molecule has 2 aromatic rings. The normalized spacial score (nSPS) is 24.7. The van der Waals surface area contributed by atoms with E-state index in [1.165, 1.54) is 33.4 Å². The quantitative estimate of drug-likeness (QED) is 0.527. The number of benzene rings is 2. The first-order valence-electron chi connectivity index (χ1n) is 14.8. The van der Waals surface area contributed by atoms with Crippen molar-refractivity contribution in [3.8, 4) is 5.75 Å². The highest BCUT2D eigenvalue weighted by Crippen LogP contribution is 2.53. The average molecular weight is 608 g/mol. The third kappa shape index (κ3) is 3.97. The Labute approximate surface area is 245 Å². The van der Waals surface area contributed by atoms with Crippen molar-refractivity contribution < 1.29 is 35.6 Å². The van der Waals surface area contributed by atoms with E-state index in [2.05, 4.69) is 17.0 Å². The minimum atomic E-state index is -5.15. The summed E-state index contributed by atoms with van der Waals surface area (Å²) in [5.74, 6) is 1.44. The van der Waals surface area contributed by atoms with Crippen LogP contribution in [0.3, 0.4) is 0 Å². The first-order valence-corrected chi connectivity index (χ1v) is 17.6. The van der Waals surface area contributed by atoms with Crippen LogP contribution in [0.2, 0.25) is 0 Å². The molecule has 42 heavy (non-hydrogen) atoms. The number of rotatable bonds is 3. The summed E-state index contributed by atoms with van der Waals surface area (Å²) in [7, 11) is -10.1. The third-order valence-electron chi connectivity index (χ3n) is 9.90. The Hall–Kier alpha value is -2.96. The van der Waals surface area contributed by atoms with Gasteiger partial charge in [-0.25, -0.2) is 16.8 Å². The molecule has 5 heterocycles. The van der Waals surface area contributed by atoms with Crippen LogP contribution in [0.4, 0.5) is 5.69 Å². The van der Waals surface area contributed by atoms with Gasteiger partial charge in [-0.3, -0.25) is 0 Å². The maximum Gasteiger partial charge on any atom is 0.140 e. The molecule has 2 atom stereocenters. The van der Waals surface area contributed by atoms with E-state index in [4.69, 9.17) is 4.74 Å². The van der Waals surface area contributed by atoms with E-state index in [9.17, 15) is 25.9 Å². The van der Waals surface area contributed by atoms with Gasteiger partial charge in [0.1, 0.15) is 37.8 Å². The van der Waals surface area contributed by atoms with Crippen molar-refractivity contribution in [2.75, 3.05) is 31.1 Å². The number of anilines is 1. The van der Waals surface area contributed by atoms with Gasteiger partial charge in [0.2, 0.25) is 0 Å². The summed E-state index contributed by atoms with van der Waals surface area (Å²) in [4.78, 5) is 2.51. The molecule has 1 aliphatic carbocycles.